The van der Waals surface area contributed by atoms with Crippen LogP contribution >= 0.6 is 0 Å². The average Bonchev–Trinajstić information content (AvgIpc) is 2.83. The fourth-order valence-corrected chi connectivity index (χ4v) is 3.03. The molecule has 10 heteroatoms. The molecule has 1 unspecified atom stereocenters. The summed E-state index contributed by atoms with van der Waals surface area (Å²) in [6.45, 7) is 12.2. The van der Waals surface area contributed by atoms with E-state index in [0.717, 1.165) is 24.3 Å². The molecule has 10 nitrogen and oxygen atoms in total. The molecule has 0 aromatic carbocycles. The number of hydrogen-bond acceptors (Lipinski definition) is 8. The molecule has 0 radical (unpaired) electrons. The minimum Gasteiger partial charge on any atom is -0.444 e. The van der Waals surface area contributed by atoms with Crippen molar-refractivity contribution < 1.29 is 14.3 Å². The Morgan fingerprint density at radius 1 is 1.22 bits per heavy atom. The molecule has 0 aliphatic rings. The average molecular weight is 510 g/mol. The van der Waals surface area contributed by atoms with Gasteiger partial charge in [-0.2, -0.15) is 4.98 Å². The Balaban J connectivity index is 1.89. The molecule has 0 aliphatic carbocycles. The van der Waals surface area contributed by atoms with Crippen LogP contribution in [-0.4, -0.2) is 63.6 Å². The van der Waals surface area contributed by atoms with Crippen LogP contribution in [-0.2, 0) is 9.53 Å². The lowest BCUT2D eigenvalue weighted by Gasteiger charge is -2.28. The minimum atomic E-state index is -0.645. The van der Waals surface area contributed by atoms with Gasteiger partial charge in [0, 0.05) is 44.1 Å². The fraction of sp³-hybridized carbons (Fsp3) is 0.519. The van der Waals surface area contributed by atoms with E-state index in [4.69, 9.17) is 4.74 Å². The van der Waals surface area contributed by atoms with Gasteiger partial charge in [-0.25, -0.2) is 9.78 Å². The van der Waals surface area contributed by atoms with Gasteiger partial charge >= 0.3 is 6.09 Å². The van der Waals surface area contributed by atoms with E-state index in [1.807, 2.05) is 19.1 Å². The second-order valence-corrected chi connectivity index (χ2v) is 9.66. The number of likely N-dealkylation sites (N-methyl/N-ethyl adjacent to an activating group) is 1. The molecule has 0 bridgehead atoms. The van der Waals surface area contributed by atoms with Gasteiger partial charge in [0.05, 0.1) is 11.8 Å². The monoisotopic (exact) mass is 509 g/mol. The Morgan fingerprint density at radius 3 is 2.65 bits per heavy atom. The van der Waals surface area contributed by atoms with E-state index in [1.54, 1.807) is 47.1 Å². The number of carbonyl (C=O) groups excluding carboxylic acids is 2. The van der Waals surface area contributed by atoms with Crippen molar-refractivity contribution in [3.63, 3.8) is 0 Å². The van der Waals surface area contributed by atoms with E-state index in [2.05, 4.69) is 49.7 Å². The summed E-state index contributed by atoms with van der Waals surface area (Å²) in [5, 5.41) is 9.35. The van der Waals surface area contributed by atoms with Gasteiger partial charge in [0.25, 0.3) is 0 Å². The molecule has 2 aromatic rings. The first-order chi connectivity index (χ1) is 17.5. The molecule has 2 heterocycles. The van der Waals surface area contributed by atoms with E-state index in [0.29, 0.717) is 36.7 Å². The van der Waals surface area contributed by atoms with E-state index >= 15 is 0 Å². The summed E-state index contributed by atoms with van der Waals surface area (Å²) >= 11 is 0. The molecule has 1 atom stereocenters. The van der Waals surface area contributed by atoms with Crippen molar-refractivity contribution in [3.8, 4) is 11.8 Å². The SMILES string of the molecule is CCCNc1nc(Nc2ccnc(C)c2)ncc1C#CCCCNC(=O)C(C)N(C)C(=O)OC(C)(C)C. The highest BCUT2D eigenvalue weighted by Gasteiger charge is 2.26. The maximum atomic E-state index is 12.4. The molecule has 2 amide bonds. The van der Waals surface area contributed by atoms with Crippen LogP contribution in [0.5, 0.6) is 0 Å². The van der Waals surface area contributed by atoms with Gasteiger partial charge < -0.3 is 20.7 Å². The number of unbranched alkanes of at least 4 members (excludes halogenated alkanes) is 1. The molecule has 2 rings (SSSR count). The van der Waals surface area contributed by atoms with Crippen molar-refractivity contribution >= 4 is 29.5 Å². The molecule has 2 aromatic heterocycles. The molecular weight excluding hydrogens is 470 g/mol. The second kappa shape index (κ2) is 14.0. The van der Waals surface area contributed by atoms with Gasteiger partial charge in [-0.05, 0) is 59.6 Å². The minimum absolute atomic E-state index is 0.242. The van der Waals surface area contributed by atoms with Crippen LogP contribution in [0, 0.1) is 18.8 Å². The first kappa shape index (κ1) is 29.4. The Bertz CT molecular complexity index is 1120. The molecule has 0 saturated carbocycles. The van der Waals surface area contributed by atoms with Gasteiger partial charge in [0.15, 0.2) is 0 Å². The Labute approximate surface area is 220 Å². The van der Waals surface area contributed by atoms with Gasteiger partial charge in [-0.3, -0.25) is 14.7 Å². The number of hydrogen-bond donors (Lipinski definition) is 3. The fourth-order valence-electron chi connectivity index (χ4n) is 3.03. The van der Waals surface area contributed by atoms with Crippen molar-refractivity contribution in [2.45, 2.75) is 72.4 Å². The number of nitrogens with one attached hydrogen (secondary N) is 3. The summed E-state index contributed by atoms with van der Waals surface area (Å²) in [6.07, 6.45) is 5.10. The lowest BCUT2D eigenvalue weighted by atomic mass is 10.2. The number of ether oxygens (including phenoxy) is 1. The lowest BCUT2D eigenvalue weighted by molar-refractivity contribution is -0.125. The van der Waals surface area contributed by atoms with Gasteiger partial charge in [0.2, 0.25) is 11.9 Å². The number of nitrogens with zero attached hydrogens (tertiary/aromatic N) is 4. The van der Waals surface area contributed by atoms with Crippen LogP contribution < -0.4 is 16.0 Å². The Hall–Kier alpha value is -3.87. The summed E-state index contributed by atoms with van der Waals surface area (Å²) < 4.78 is 5.31. The standard InChI is InChI=1S/C27H39N7O3/c1-8-14-29-23-21(18-31-25(33-23)32-22-13-16-28-19(2)17-22)12-10-9-11-15-30-24(35)20(3)34(7)26(36)37-27(4,5)6/h13,16-18,20H,8-9,11,14-15H2,1-7H3,(H,30,35)(H2,28,29,31,32,33). The normalized spacial score (nSPS) is 11.5. The van der Waals surface area contributed by atoms with E-state index in [-0.39, 0.29) is 5.91 Å². The molecule has 0 saturated heterocycles. The maximum absolute atomic E-state index is 12.4. The third-order valence-electron chi connectivity index (χ3n) is 5.13. The molecule has 0 aliphatic heterocycles. The van der Waals surface area contributed by atoms with E-state index < -0.39 is 17.7 Å². The first-order valence-corrected chi connectivity index (χ1v) is 12.5. The number of carbonyl (C=O) groups is 2. The molecular formula is C27H39N7O3. The highest BCUT2D eigenvalue weighted by molar-refractivity contribution is 5.85. The van der Waals surface area contributed by atoms with Crippen molar-refractivity contribution in [1.29, 1.82) is 0 Å². The molecule has 37 heavy (non-hydrogen) atoms. The number of aryl methyl sites for hydroxylation is 1. The number of pyridine rings is 1. The van der Waals surface area contributed by atoms with Crippen LogP contribution in [0.2, 0.25) is 0 Å². The van der Waals surface area contributed by atoms with Crippen molar-refractivity contribution in [1.82, 2.24) is 25.2 Å². The van der Waals surface area contributed by atoms with Crippen LogP contribution in [0.25, 0.3) is 0 Å². The highest BCUT2D eigenvalue weighted by Crippen LogP contribution is 2.17. The van der Waals surface area contributed by atoms with E-state index in [9.17, 15) is 9.59 Å². The lowest BCUT2D eigenvalue weighted by Crippen LogP contribution is -2.47. The number of aromatic nitrogens is 3. The van der Waals surface area contributed by atoms with Gasteiger partial charge in [0.1, 0.15) is 17.5 Å². The quantitative estimate of drug-likeness (QED) is 0.321. The molecule has 3 N–H and O–H groups in total. The zero-order valence-corrected chi connectivity index (χ0v) is 22.9. The Morgan fingerprint density at radius 2 is 1.97 bits per heavy atom. The smallest absolute Gasteiger partial charge is 0.410 e. The summed E-state index contributed by atoms with van der Waals surface area (Å²) in [5.41, 5.74) is 1.85. The number of anilines is 3. The third-order valence-corrected chi connectivity index (χ3v) is 5.13. The Kier molecular flexibility index (Phi) is 11.1. The number of rotatable bonds is 10. The van der Waals surface area contributed by atoms with Crippen molar-refractivity contribution in [2.24, 2.45) is 0 Å². The predicted octanol–water partition coefficient (Wildman–Crippen LogP) is 4.25. The van der Waals surface area contributed by atoms with Crippen molar-refractivity contribution in [2.75, 3.05) is 30.8 Å². The third kappa shape index (κ3) is 10.3. The zero-order chi connectivity index (χ0) is 27.4. The molecule has 0 fully saturated rings. The number of amides is 2. The first-order valence-electron chi connectivity index (χ1n) is 12.5. The van der Waals surface area contributed by atoms with Crippen LogP contribution in [0.3, 0.4) is 0 Å². The maximum Gasteiger partial charge on any atom is 0.410 e. The highest BCUT2D eigenvalue weighted by atomic mass is 16.6. The predicted molar refractivity (Wildman–Crippen MR) is 146 cm³/mol. The molecule has 0 spiro atoms. The van der Waals surface area contributed by atoms with Crippen molar-refractivity contribution in [3.05, 3.63) is 35.8 Å². The van der Waals surface area contributed by atoms with Gasteiger partial charge in [-0.1, -0.05) is 18.8 Å². The molecule has 200 valence electrons. The summed E-state index contributed by atoms with van der Waals surface area (Å²) in [6, 6.07) is 3.14. The summed E-state index contributed by atoms with van der Waals surface area (Å²) in [5.74, 6) is 7.16. The largest absolute Gasteiger partial charge is 0.444 e. The van der Waals surface area contributed by atoms with Crippen LogP contribution in [0.1, 0.15) is 65.1 Å². The summed E-state index contributed by atoms with van der Waals surface area (Å²) in [7, 11) is 1.55. The van der Waals surface area contributed by atoms with Crippen LogP contribution in [0.15, 0.2) is 24.5 Å². The second-order valence-electron chi connectivity index (χ2n) is 9.66. The summed E-state index contributed by atoms with van der Waals surface area (Å²) in [4.78, 5) is 39.0. The van der Waals surface area contributed by atoms with E-state index in [1.165, 1.54) is 4.90 Å². The zero-order valence-electron chi connectivity index (χ0n) is 22.9. The van der Waals surface area contributed by atoms with Crippen LogP contribution in [0.4, 0.5) is 22.2 Å². The van der Waals surface area contributed by atoms with Gasteiger partial charge in [-0.15, -0.1) is 0 Å². The topological polar surface area (TPSA) is 121 Å².